The molecular formula is C14H13BrFNO. The van der Waals surface area contributed by atoms with E-state index in [1.54, 1.807) is 6.07 Å². The first-order valence-corrected chi connectivity index (χ1v) is 6.32. The maximum atomic E-state index is 13.2. The predicted molar refractivity (Wildman–Crippen MR) is 73.2 cm³/mol. The van der Waals surface area contributed by atoms with Crippen molar-refractivity contribution in [1.82, 2.24) is 0 Å². The van der Waals surface area contributed by atoms with Gasteiger partial charge in [-0.2, -0.15) is 0 Å². The van der Waals surface area contributed by atoms with E-state index < -0.39 is 0 Å². The molecule has 2 aromatic carbocycles. The molecule has 94 valence electrons. The third-order valence-electron chi connectivity index (χ3n) is 2.55. The molecule has 4 heteroatoms. The zero-order chi connectivity index (χ0) is 13.1. The summed E-state index contributed by atoms with van der Waals surface area (Å²) in [6.07, 6.45) is 0. The number of ether oxygens (including phenoxy) is 1. The van der Waals surface area contributed by atoms with E-state index in [9.17, 15) is 4.39 Å². The summed E-state index contributed by atoms with van der Waals surface area (Å²) in [5.41, 5.74) is 7.68. The SMILES string of the molecule is Cc1ccc(Oc2cc(F)ccc2Br)c(CN)c1. The van der Waals surface area contributed by atoms with Crippen molar-refractivity contribution >= 4 is 15.9 Å². The van der Waals surface area contributed by atoms with Gasteiger partial charge in [0, 0.05) is 18.2 Å². The van der Waals surface area contributed by atoms with Crippen LogP contribution >= 0.6 is 15.9 Å². The molecule has 0 saturated carbocycles. The van der Waals surface area contributed by atoms with E-state index in [4.69, 9.17) is 10.5 Å². The largest absolute Gasteiger partial charge is 0.456 e. The van der Waals surface area contributed by atoms with Crippen molar-refractivity contribution in [2.45, 2.75) is 13.5 Å². The van der Waals surface area contributed by atoms with Gasteiger partial charge in [0.1, 0.15) is 17.3 Å². The molecule has 0 bridgehead atoms. The number of hydrogen-bond acceptors (Lipinski definition) is 2. The fraction of sp³-hybridized carbons (Fsp3) is 0.143. The van der Waals surface area contributed by atoms with Gasteiger partial charge in [-0.25, -0.2) is 4.39 Å². The van der Waals surface area contributed by atoms with Crippen LogP contribution in [0.2, 0.25) is 0 Å². The Morgan fingerprint density at radius 3 is 2.67 bits per heavy atom. The van der Waals surface area contributed by atoms with Gasteiger partial charge in [-0.1, -0.05) is 17.7 Å². The molecule has 2 N–H and O–H groups in total. The molecule has 0 aliphatic carbocycles. The van der Waals surface area contributed by atoms with E-state index in [1.807, 2.05) is 25.1 Å². The molecule has 2 rings (SSSR count). The van der Waals surface area contributed by atoms with Crippen LogP contribution in [0.15, 0.2) is 40.9 Å². The van der Waals surface area contributed by atoms with Gasteiger partial charge in [-0.15, -0.1) is 0 Å². The van der Waals surface area contributed by atoms with E-state index in [-0.39, 0.29) is 5.82 Å². The second kappa shape index (κ2) is 5.50. The second-order valence-electron chi connectivity index (χ2n) is 3.99. The minimum atomic E-state index is -0.338. The molecule has 0 aromatic heterocycles. The highest BCUT2D eigenvalue weighted by Gasteiger charge is 2.08. The zero-order valence-electron chi connectivity index (χ0n) is 9.91. The molecule has 0 fully saturated rings. The Morgan fingerprint density at radius 2 is 1.94 bits per heavy atom. The van der Waals surface area contributed by atoms with Crippen LogP contribution in [0.4, 0.5) is 4.39 Å². The normalized spacial score (nSPS) is 10.4. The van der Waals surface area contributed by atoms with E-state index >= 15 is 0 Å². The first-order valence-electron chi connectivity index (χ1n) is 5.52. The lowest BCUT2D eigenvalue weighted by Gasteiger charge is -2.12. The van der Waals surface area contributed by atoms with Crippen molar-refractivity contribution in [3.05, 3.63) is 57.8 Å². The van der Waals surface area contributed by atoms with Crippen LogP contribution in [-0.4, -0.2) is 0 Å². The highest BCUT2D eigenvalue weighted by Crippen LogP contribution is 2.32. The molecule has 0 radical (unpaired) electrons. The number of halogens is 2. The summed E-state index contributed by atoms with van der Waals surface area (Å²) in [6.45, 7) is 2.37. The van der Waals surface area contributed by atoms with Crippen molar-refractivity contribution in [2.24, 2.45) is 5.73 Å². The molecule has 0 atom stereocenters. The molecule has 0 spiro atoms. The van der Waals surface area contributed by atoms with Crippen molar-refractivity contribution in [3.63, 3.8) is 0 Å². The Bertz CT molecular complexity index is 572. The lowest BCUT2D eigenvalue weighted by atomic mass is 10.1. The molecule has 0 aliphatic heterocycles. The summed E-state index contributed by atoms with van der Waals surface area (Å²) in [7, 11) is 0. The maximum Gasteiger partial charge on any atom is 0.144 e. The Hall–Kier alpha value is -1.39. The molecule has 0 saturated heterocycles. The van der Waals surface area contributed by atoms with Crippen LogP contribution in [0.5, 0.6) is 11.5 Å². The third-order valence-corrected chi connectivity index (χ3v) is 3.20. The highest BCUT2D eigenvalue weighted by atomic mass is 79.9. The van der Waals surface area contributed by atoms with Crippen molar-refractivity contribution in [3.8, 4) is 11.5 Å². The van der Waals surface area contributed by atoms with Gasteiger partial charge in [0.05, 0.1) is 4.47 Å². The van der Waals surface area contributed by atoms with Crippen LogP contribution < -0.4 is 10.5 Å². The molecule has 2 aromatic rings. The molecule has 18 heavy (non-hydrogen) atoms. The summed E-state index contributed by atoms with van der Waals surface area (Å²) >= 11 is 3.33. The molecule has 0 unspecified atom stereocenters. The Kier molecular flexibility index (Phi) is 3.99. The van der Waals surface area contributed by atoms with Crippen LogP contribution in [0, 0.1) is 12.7 Å². The van der Waals surface area contributed by atoms with Gasteiger partial charge < -0.3 is 10.5 Å². The first-order chi connectivity index (χ1) is 8.60. The molecule has 2 nitrogen and oxygen atoms in total. The van der Waals surface area contributed by atoms with Crippen LogP contribution in [0.1, 0.15) is 11.1 Å². The Balaban J connectivity index is 2.36. The zero-order valence-corrected chi connectivity index (χ0v) is 11.5. The fourth-order valence-corrected chi connectivity index (χ4v) is 1.97. The molecule has 0 aliphatic rings. The maximum absolute atomic E-state index is 13.2. The number of hydrogen-bond donors (Lipinski definition) is 1. The van der Waals surface area contributed by atoms with Crippen LogP contribution in [-0.2, 0) is 6.54 Å². The third kappa shape index (κ3) is 2.89. The summed E-state index contributed by atoms with van der Waals surface area (Å²) in [6, 6.07) is 10.1. The van der Waals surface area contributed by atoms with Gasteiger partial charge in [0.25, 0.3) is 0 Å². The average Bonchev–Trinajstić information content (AvgIpc) is 2.36. The van der Waals surface area contributed by atoms with E-state index in [1.165, 1.54) is 12.1 Å². The van der Waals surface area contributed by atoms with Gasteiger partial charge in [-0.3, -0.25) is 0 Å². The summed E-state index contributed by atoms with van der Waals surface area (Å²) < 4.78 is 19.6. The predicted octanol–water partition coefficient (Wildman–Crippen LogP) is 4.15. The summed E-state index contributed by atoms with van der Waals surface area (Å²) in [5.74, 6) is 0.748. The quantitative estimate of drug-likeness (QED) is 0.924. The smallest absolute Gasteiger partial charge is 0.144 e. The average molecular weight is 310 g/mol. The van der Waals surface area contributed by atoms with Crippen molar-refractivity contribution in [1.29, 1.82) is 0 Å². The second-order valence-corrected chi connectivity index (χ2v) is 4.85. The van der Waals surface area contributed by atoms with E-state index in [2.05, 4.69) is 15.9 Å². The monoisotopic (exact) mass is 309 g/mol. The lowest BCUT2D eigenvalue weighted by Crippen LogP contribution is -2.00. The van der Waals surface area contributed by atoms with Crippen molar-refractivity contribution < 1.29 is 9.13 Å². The number of aryl methyl sites for hydroxylation is 1. The fourth-order valence-electron chi connectivity index (χ4n) is 1.64. The highest BCUT2D eigenvalue weighted by molar-refractivity contribution is 9.10. The van der Waals surface area contributed by atoms with Crippen molar-refractivity contribution in [2.75, 3.05) is 0 Å². The topological polar surface area (TPSA) is 35.2 Å². The number of nitrogens with two attached hydrogens (primary N) is 1. The number of benzene rings is 2. The van der Waals surface area contributed by atoms with Gasteiger partial charge in [-0.05, 0) is 41.1 Å². The summed E-state index contributed by atoms with van der Waals surface area (Å²) in [5, 5.41) is 0. The van der Waals surface area contributed by atoms with Gasteiger partial charge in [0.15, 0.2) is 0 Å². The first kappa shape index (κ1) is 13.1. The van der Waals surface area contributed by atoms with Crippen LogP contribution in [0.3, 0.4) is 0 Å². The lowest BCUT2D eigenvalue weighted by molar-refractivity contribution is 0.467. The Labute approximate surface area is 114 Å². The number of rotatable bonds is 3. The summed E-state index contributed by atoms with van der Waals surface area (Å²) in [4.78, 5) is 0. The standard InChI is InChI=1S/C14H13BrFNO/c1-9-2-5-13(10(6-9)8-17)18-14-7-11(16)3-4-12(14)15/h2-7H,8,17H2,1H3. The van der Waals surface area contributed by atoms with E-state index in [0.717, 1.165) is 11.1 Å². The molecule has 0 heterocycles. The van der Waals surface area contributed by atoms with E-state index in [0.29, 0.717) is 22.5 Å². The molecule has 0 amide bonds. The van der Waals surface area contributed by atoms with Crippen LogP contribution in [0.25, 0.3) is 0 Å². The van der Waals surface area contributed by atoms with Gasteiger partial charge >= 0.3 is 0 Å². The minimum absolute atomic E-state index is 0.338. The minimum Gasteiger partial charge on any atom is -0.456 e. The van der Waals surface area contributed by atoms with Gasteiger partial charge in [0.2, 0.25) is 0 Å². The molecular weight excluding hydrogens is 297 g/mol. The Morgan fingerprint density at radius 1 is 1.17 bits per heavy atom.